The summed E-state index contributed by atoms with van der Waals surface area (Å²) in [6.07, 6.45) is 6.21. The van der Waals surface area contributed by atoms with Crippen LogP contribution in [0.15, 0.2) is 23.4 Å². The topological polar surface area (TPSA) is 69.2 Å². The van der Waals surface area contributed by atoms with Crippen molar-refractivity contribution in [3.8, 4) is 11.5 Å². The molecule has 1 aliphatic heterocycles. The maximum Gasteiger partial charge on any atom is 0.261 e. The lowest BCUT2D eigenvalue weighted by molar-refractivity contribution is -0.126. The van der Waals surface area contributed by atoms with E-state index in [0.717, 1.165) is 17.7 Å². The lowest BCUT2D eigenvalue weighted by Gasteiger charge is -2.29. The molecular formula is C17H22N2O4. The van der Waals surface area contributed by atoms with Gasteiger partial charge >= 0.3 is 0 Å². The van der Waals surface area contributed by atoms with Crippen molar-refractivity contribution in [1.29, 1.82) is 0 Å². The van der Waals surface area contributed by atoms with Gasteiger partial charge < -0.3 is 19.6 Å². The summed E-state index contributed by atoms with van der Waals surface area (Å²) in [5.41, 5.74) is 0.829. The van der Waals surface area contributed by atoms with Crippen LogP contribution < -0.4 is 14.8 Å². The molecule has 6 heteroatoms. The van der Waals surface area contributed by atoms with E-state index in [1.54, 1.807) is 6.21 Å². The van der Waals surface area contributed by atoms with E-state index in [4.69, 9.17) is 14.3 Å². The van der Waals surface area contributed by atoms with Crippen molar-refractivity contribution in [3.05, 3.63) is 23.8 Å². The van der Waals surface area contributed by atoms with Gasteiger partial charge in [-0.1, -0.05) is 24.9 Å². The van der Waals surface area contributed by atoms with E-state index >= 15 is 0 Å². The SMILES string of the molecule is C[C@H]1CCCC[C@@H]1NC(=O)CO/N=C\c1ccc2c(c1)OCO2. The number of hydrogen-bond donors (Lipinski definition) is 1. The molecule has 1 N–H and O–H groups in total. The predicted octanol–water partition coefficient (Wildman–Crippen LogP) is 2.46. The first-order valence-electron chi connectivity index (χ1n) is 8.07. The van der Waals surface area contributed by atoms with Gasteiger partial charge in [0.1, 0.15) is 0 Å². The zero-order valence-corrected chi connectivity index (χ0v) is 13.3. The number of carbonyl (C=O) groups excluding carboxylic acids is 1. The lowest BCUT2D eigenvalue weighted by atomic mass is 9.86. The van der Waals surface area contributed by atoms with Crippen LogP contribution in [0, 0.1) is 5.92 Å². The van der Waals surface area contributed by atoms with Crippen molar-refractivity contribution in [3.63, 3.8) is 0 Å². The molecule has 0 unspecified atom stereocenters. The summed E-state index contributed by atoms with van der Waals surface area (Å²) in [5.74, 6) is 1.83. The zero-order chi connectivity index (χ0) is 16.1. The molecule has 1 amide bonds. The zero-order valence-electron chi connectivity index (χ0n) is 13.3. The summed E-state index contributed by atoms with van der Waals surface area (Å²) >= 11 is 0. The fraction of sp³-hybridized carbons (Fsp3) is 0.529. The predicted molar refractivity (Wildman–Crippen MR) is 85.7 cm³/mol. The second-order valence-electron chi connectivity index (χ2n) is 6.06. The van der Waals surface area contributed by atoms with E-state index in [1.165, 1.54) is 19.3 Å². The Hall–Kier alpha value is -2.24. The molecular weight excluding hydrogens is 296 g/mol. The van der Waals surface area contributed by atoms with Crippen molar-refractivity contribution >= 4 is 12.1 Å². The number of rotatable bonds is 5. The van der Waals surface area contributed by atoms with Gasteiger partial charge in [-0.2, -0.15) is 0 Å². The molecule has 1 heterocycles. The minimum absolute atomic E-state index is 0.0652. The molecule has 124 valence electrons. The van der Waals surface area contributed by atoms with Crippen molar-refractivity contribution in [2.24, 2.45) is 11.1 Å². The quantitative estimate of drug-likeness (QED) is 0.669. The number of benzene rings is 1. The van der Waals surface area contributed by atoms with E-state index in [0.29, 0.717) is 11.7 Å². The monoisotopic (exact) mass is 318 g/mol. The number of carbonyl (C=O) groups is 1. The van der Waals surface area contributed by atoms with Gasteiger partial charge in [-0.15, -0.1) is 0 Å². The van der Waals surface area contributed by atoms with Crippen LogP contribution in [0.5, 0.6) is 11.5 Å². The second kappa shape index (κ2) is 7.35. The van der Waals surface area contributed by atoms with E-state index < -0.39 is 0 Å². The van der Waals surface area contributed by atoms with Crippen LogP contribution in [0.2, 0.25) is 0 Å². The van der Waals surface area contributed by atoms with Gasteiger partial charge in [0.05, 0.1) is 6.21 Å². The summed E-state index contributed by atoms with van der Waals surface area (Å²) in [6.45, 7) is 2.36. The fourth-order valence-electron chi connectivity index (χ4n) is 2.97. The Morgan fingerprint density at radius 1 is 1.35 bits per heavy atom. The Kier molecular flexibility index (Phi) is 5.00. The highest BCUT2D eigenvalue weighted by Crippen LogP contribution is 2.32. The number of nitrogens with one attached hydrogen (secondary N) is 1. The van der Waals surface area contributed by atoms with Crippen LogP contribution in [0.25, 0.3) is 0 Å². The fourth-order valence-corrected chi connectivity index (χ4v) is 2.97. The average Bonchev–Trinajstić information content (AvgIpc) is 3.01. The van der Waals surface area contributed by atoms with Crippen molar-refractivity contribution in [2.45, 2.75) is 38.6 Å². The largest absolute Gasteiger partial charge is 0.454 e. The minimum atomic E-state index is -0.119. The third-order valence-electron chi connectivity index (χ3n) is 4.33. The normalized spacial score (nSPS) is 23.0. The lowest BCUT2D eigenvalue weighted by Crippen LogP contribution is -2.42. The summed E-state index contributed by atoms with van der Waals surface area (Å²) in [6, 6.07) is 5.75. The third-order valence-corrected chi connectivity index (χ3v) is 4.33. The maximum absolute atomic E-state index is 11.9. The van der Waals surface area contributed by atoms with Gasteiger partial charge in [-0.25, -0.2) is 0 Å². The van der Waals surface area contributed by atoms with Gasteiger partial charge in [-0.05, 0) is 37.0 Å². The number of nitrogens with zero attached hydrogens (tertiary/aromatic N) is 1. The number of fused-ring (bicyclic) bond motifs is 1. The molecule has 2 aliphatic rings. The van der Waals surface area contributed by atoms with Crippen molar-refractivity contribution in [1.82, 2.24) is 5.32 Å². The molecule has 0 aromatic heterocycles. The van der Waals surface area contributed by atoms with Gasteiger partial charge in [0.15, 0.2) is 18.1 Å². The Labute approximate surface area is 135 Å². The van der Waals surface area contributed by atoms with E-state index in [-0.39, 0.29) is 25.3 Å². The van der Waals surface area contributed by atoms with Gasteiger partial charge in [0.25, 0.3) is 5.91 Å². The Balaban J connectivity index is 1.42. The Morgan fingerprint density at radius 3 is 3.04 bits per heavy atom. The maximum atomic E-state index is 11.9. The van der Waals surface area contributed by atoms with Crippen LogP contribution in [0.4, 0.5) is 0 Å². The van der Waals surface area contributed by atoms with E-state index in [9.17, 15) is 4.79 Å². The molecule has 6 nitrogen and oxygen atoms in total. The summed E-state index contributed by atoms with van der Waals surface area (Å²) in [5, 5.41) is 6.86. The molecule has 2 atom stereocenters. The molecule has 1 saturated carbocycles. The molecule has 1 aromatic carbocycles. The highest BCUT2D eigenvalue weighted by molar-refractivity contribution is 5.81. The van der Waals surface area contributed by atoms with Gasteiger partial charge in [0, 0.05) is 11.6 Å². The highest BCUT2D eigenvalue weighted by Gasteiger charge is 2.22. The van der Waals surface area contributed by atoms with E-state index in [2.05, 4.69) is 17.4 Å². The molecule has 0 saturated heterocycles. The summed E-state index contributed by atoms with van der Waals surface area (Å²) in [4.78, 5) is 17.0. The van der Waals surface area contributed by atoms with Crippen LogP contribution in [0.3, 0.4) is 0 Å². The first kappa shape index (κ1) is 15.6. The minimum Gasteiger partial charge on any atom is -0.454 e. The number of amides is 1. The first-order valence-corrected chi connectivity index (χ1v) is 8.07. The van der Waals surface area contributed by atoms with Crippen LogP contribution in [0.1, 0.15) is 38.2 Å². The molecule has 1 aromatic rings. The standard InChI is InChI=1S/C17H22N2O4/c1-12-4-2-3-5-14(12)19-17(20)10-23-18-9-13-6-7-15-16(8-13)22-11-21-15/h6-9,12,14H,2-5,10-11H2,1H3,(H,19,20)/b18-9-/t12-,14-/m0/s1. The van der Waals surface area contributed by atoms with E-state index in [1.807, 2.05) is 18.2 Å². The summed E-state index contributed by atoms with van der Waals surface area (Å²) in [7, 11) is 0. The second-order valence-corrected chi connectivity index (χ2v) is 6.06. The Morgan fingerprint density at radius 2 is 2.17 bits per heavy atom. The molecule has 23 heavy (non-hydrogen) atoms. The van der Waals surface area contributed by atoms with Crippen LogP contribution in [-0.4, -0.2) is 31.6 Å². The van der Waals surface area contributed by atoms with Gasteiger partial charge in [-0.3, -0.25) is 4.79 Å². The number of ether oxygens (including phenoxy) is 2. The Bertz CT molecular complexity index is 588. The molecule has 0 bridgehead atoms. The first-order chi connectivity index (χ1) is 11.2. The highest BCUT2D eigenvalue weighted by atomic mass is 16.7. The third kappa shape index (κ3) is 4.15. The number of oxime groups is 1. The van der Waals surface area contributed by atoms with Crippen LogP contribution in [-0.2, 0) is 9.63 Å². The van der Waals surface area contributed by atoms with Crippen molar-refractivity contribution in [2.75, 3.05) is 13.4 Å². The van der Waals surface area contributed by atoms with Crippen LogP contribution >= 0.6 is 0 Å². The number of hydrogen-bond acceptors (Lipinski definition) is 5. The van der Waals surface area contributed by atoms with Crippen molar-refractivity contribution < 1.29 is 19.1 Å². The molecule has 1 fully saturated rings. The van der Waals surface area contributed by atoms with Gasteiger partial charge in [0.2, 0.25) is 6.79 Å². The molecule has 0 spiro atoms. The molecule has 0 radical (unpaired) electrons. The molecule has 3 rings (SSSR count). The molecule has 1 aliphatic carbocycles. The summed E-state index contributed by atoms with van der Waals surface area (Å²) < 4.78 is 10.5. The average molecular weight is 318 g/mol. The smallest absolute Gasteiger partial charge is 0.261 e.